The van der Waals surface area contributed by atoms with Gasteiger partial charge in [-0.15, -0.1) is 0 Å². The van der Waals surface area contributed by atoms with Crippen LogP contribution in [0.3, 0.4) is 0 Å². The van der Waals surface area contributed by atoms with Crippen LogP contribution in [-0.2, 0) is 17.5 Å². The number of carbonyl (C=O) groups is 1. The van der Waals surface area contributed by atoms with E-state index in [1.807, 2.05) is 0 Å². The van der Waals surface area contributed by atoms with E-state index in [4.69, 9.17) is 4.74 Å². The first-order valence-corrected chi connectivity index (χ1v) is 6.31. The van der Waals surface area contributed by atoms with Crippen molar-refractivity contribution in [2.24, 2.45) is 0 Å². The van der Waals surface area contributed by atoms with E-state index in [1.165, 1.54) is 12.1 Å². The summed E-state index contributed by atoms with van der Waals surface area (Å²) in [5.41, 5.74) is 0.915. The Hall–Kier alpha value is -2.58. The number of aromatic nitrogens is 2. The molecule has 0 aliphatic carbocycles. The highest BCUT2D eigenvalue weighted by molar-refractivity contribution is 5.67. The number of benzene rings is 1. The van der Waals surface area contributed by atoms with Gasteiger partial charge in [-0.2, -0.15) is 18.2 Å². The summed E-state index contributed by atoms with van der Waals surface area (Å²) in [5.74, 6) is -1.60. The maximum absolute atomic E-state index is 12.4. The lowest BCUT2D eigenvalue weighted by Gasteiger charge is -2.06. The molecular formula is C13H12F3N3O3. The number of rotatable bonds is 4. The molecule has 0 fully saturated rings. The highest BCUT2D eigenvalue weighted by Gasteiger charge is 2.38. The standard InChI is InChI=1S/C13H12F3N3O3/c1-2-17-12(20)21-7-8-4-3-5-9(6-8)10-18-11(22-19-10)13(14,15)16/h3-6H,2,7H2,1H3,(H,17,20). The number of halogens is 3. The zero-order valence-corrected chi connectivity index (χ0v) is 11.5. The maximum Gasteiger partial charge on any atom is 0.471 e. The average Bonchev–Trinajstić information content (AvgIpc) is 2.96. The maximum atomic E-state index is 12.4. The van der Waals surface area contributed by atoms with Crippen LogP contribution in [0.1, 0.15) is 18.4 Å². The highest BCUT2D eigenvalue weighted by Crippen LogP contribution is 2.29. The minimum atomic E-state index is -4.69. The van der Waals surface area contributed by atoms with Crippen molar-refractivity contribution >= 4 is 6.09 Å². The van der Waals surface area contributed by atoms with Crippen LogP contribution in [0, 0.1) is 0 Å². The van der Waals surface area contributed by atoms with Crippen molar-refractivity contribution in [1.29, 1.82) is 0 Å². The van der Waals surface area contributed by atoms with E-state index in [9.17, 15) is 18.0 Å². The van der Waals surface area contributed by atoms with Crippen molar-refractivity contribution in [3.8, 4) is 11.4 Å². The number of hydrogen-bond acceptors (Lipinski definition) is 5. The molecule has 1 heterocycles. The smallest absolute Gasteiger partial charge is 0.445 e. The Morgan fingerprint density at radius 1 is 1.41 bits per heavy atom. The van der Waals surface area contributed by atoms with Gasteiger partial charge in [0.15, 0.2) is 0 Å². The van der Waals surface area contributed by atoms with Crippen LogP contribution in [-0.4, -0.2) is 22.8 Å². The summed E-state index contributed by atoms with van der Waals surface area (Å²) < 4.78 is 46.3. The normalized spacial score (nSPS) is 11.3. The molecule has 9 heteroatoms. The Labute approximate surface area is 123 Å². The predicted molar refractivity (Wildman–Crippen MR) is 68.6 cm³/mol. The lowest BCUT2D eigenvalue weighted by molar-refractivity contribution is -0.159. The summed E-state index contributed by atoms with van der Waals surface area (Å²) in [7, 11) is 0. The minimum Gasteiger partial charge on any atom is -0.445 e. The molecule has 2 rings (SSSR count). The summed E-state index contributed by atoms with van der Waals surface area (Å²) in [6.45, 7) is 2.15. The Morgan fingerprint density at radius 2 is 2.18 bits per heavy atom. The van der Waals surface area contributed by atoms with Crippen LogP contribution in [0.25, 0.3) is 11.4 Å². The Morgan fingerprint density at radius 3 is 2.82 bits per heavy atom. The number of alkyl halides is 3. The topological polar surface area (TPSA) is 77.2 Å². The Kier molecular flexibility index (Phi) is 4.64. The summed E-state index contributed by atoms with van der Waals surface area (Å²) >= 11 is 0. The molecule has 6 nitrogen and oxygen atoms in total. The van der Waals surface area contributed by atoms with E-state index in [0.717, 1.165) is 0 Å². The first-order valence-electron chi connectivity index (χ1n) is 6.31. The Balaban J connectivity index is 2.11. The van der Waals surface area contributed by atoms with Gasteiger partial charge in [-0.3, -0.25) is 0 Å². The second-order valence-corrected chi connectivity index (χ2v) is 4.23. The summed E-state index contributed by atoms with van der Waals surface area (Å²) in [4.78, 5) is 14.5. The van der Waals surface area contributed by atoms with Crippen molar-refractivity contribution in [3.05, 3.63) is 35.7 Å². The van der Waals surface area contributed by atoms with Crippen molar-refractivity contribution in [3.63, 3.8) is 0 Å². The van der Waals surface area contributed by atoms with Gasteiger partial charge in [0.2, 0.25) is 5.82 Å². The van der Waals surface area contributed by atoms with Crippen LogP contribution < -0.4 is 5.32 Å². The number of ether oxygens (including phenoxy) is 1. The van der Waals surface area contributed by atoms with E-state index in [1.54, 1.807) is 19.1 Å². The zero-order valence-electron chi connectivity index (χ0n) is 11.5. The summed E-state index contributed by atoms with van der Waals surface area (Å²) in [5, 5.41) is 5.75. The van der Waals surface area contributed by atoms with Gasteiger partial charge >= 0.3 is 18.2 Å². The van der Waals surface area contributed by atoms with Gasteiger partial charge in [0.25, 0.3) is 0 Å². The van der Waals surface area contributed by atoms with Crippen molar-refractivity contribution in [2.75, 3.05) is 6.54 Å². The minimum absolute atomic E-state index is 0.0242. The van der Waals surface area contributed by atoms with Gasteiger partial charge in [-0.05, 0) is 18.6 Å². The monoisotopic (exact) mass is 315 g/mol. The van der Waals surface area contributed by atoms with Crippen LogP contribution in [0.2, 0.25) is 0 Å². The van der Waals surface area contributed by atoms with Crippen molar-refractivity contribution in [2.45, 2.75) is 19.7 Å². The fourth-order valence-electron chi connectivity index (χ4n) is 1.60. The molecule has 22 heavy (non-hydrogen) atoms. The number of nitrogens with one attached hydrogen (secondary N) is 1. The Bertz CT molecular complexity index is 655. The van der Waals surface area contributed by atoms with Gasteiger partial charge in [0.1, 0.15) is 6.61 Å². The first-order chi connectivity index (χ1) is 10.4. The van der Waals surface area contributed by atoms with Crippen LogP contribution in [0.15, 0.2) is 28.8 Å². The molecule has 0 unspecified atom stereocenters. The van der Waals surface area contributed by atoms with Gasteiger partial charge in [-0.25, -0.2) is 4.79 Å². The number of nitrogens with zero attached hydrogens (tertiary/aromatic N) is 2. The van der Waals surface area contributed by atoms with Gasteiger partial charge < -0.3 is 14.6 Å². The van der Waals surface area contributed by atoms with Gasteiger partial charge in [0, 0.05) is 12.1 Å². The van der Waals surface area contributed by atoms with Crippen LogP contribution in [0.4, 0.5) is 18.0 Å². The molecule has 2 aromatic rings. The molecule has 1 aromatic heterocycles. The molecule has 0 spiro atoms. The summed E-state index contributed by atoms with van der Waals surface area (Å²) in [6.07, 6.45) is -5.27. The number of alkyl carbamates (subject to hydrolysis) is 1. The van der Waals surface area contributed by atoms with E-state index >= 15 is 0 Å². The van der Waals surface area contributed by atoms with Crippen molar-refractivity contribution in [1.82, 2.24) is 15.5 Å². The second-order valence-electron chi connectivity index (χ2n) is 4.23. The van der Waals surface area contributed by atoms with Gasteiger partial charge in [-0.1, -0.05) is 23.4 Å². The quantitative estimate of drug-likeness (QED) is 0.938. The third-order valence-corrected chi connectivity index (χ3v) is 2.54. The largest absolute Gasteiger partial charge is 0.471 e. The number of amides is 1. The van der Waals surface area contributed by atoms with E-state index < -0.39 is 18.2 Å². The molecule has 0 aliphatic rings. The molecule has 118 valence electrons. The summed E-state index contributed by atoms with van der Waals surface area (Å²) in [6, 6.07) is 6.30. The average molecular weight is 315 g/mol. The van der Waals surface area contributed by atoms with E-state index in [0.29, 0.717) is 17.7 Å². The molecule has 0 atom stereocenters. The molecular weight excluding hydrogens is 303 g/mol. The predicted octanol–water partition coefficient (Wildman–Crippen LogP) is 3.00. The van der Waals surface area contributed by atoms with Crippen molar-refractivity contribution < 1.29 is 27.2 Å². The second kappa shape index (κ2) is 6.46. The third kappa shape index (κ3) is 3.96. The lowest BCUT2D eigenvalue weighted by atomic mass is 10.1. The number of hydrogen-bond donors (Lipinski definition) is 1. The first kappa shape index (κ1) is 15.8. The molecule has 0 saturated carbocycles. The third-order valence-electron chi connectivity index (χ3n) is 2.54. The molecule has 1 N–H and O–H groups in total. The molecule has 0 saturated heterocycles. The zero-order chi connectivity index (χ0) is 16.2. The highest BCUT2D eigenvalue weighted by atomic mass is 19.4. The molecule has 0 radical (unpaired) electrons. The molecule has 1 amide bonds. The SMILES string of the molecule is CCNC(=O)OCc1cccc(-c2noc(C(F)(F)F)n2)c1. The lowest BCUT2D eigenvalue weighted by Crippen LogP contribution is -2.23. The van der Waals surface area contributed by atoms with Crippen LogP contribution >= 0.6 is 0 Å². The molecule has 1 aromatic carbocycles. The number of carbonyl (C=O) groups excluding carboxylic acids is 1. The molecule has 0 aliphatic heterocycles. The van der Waals surface area contributed by atoms with E-state index in [2.05, 4.69) is 20.0 Å². The van der Waals surface area contributed by atoms with Gasteiger partial charge in [0.05, 0.1) is 0 Å². The molecule has 0 bridgehead atoms. The van der Waals surface area contributed by atoms with E-state index in [-0.39, 0.29) is 12.4 Å². The van der Waals surface area contributed by atoms with Crippen LogP contribution in [0.5, 0.6) is 0 Å². The fraction of sp³-hybridized carbons (Fsp3) is 0.308. The fourth-order valence-corrected chi connectivity index (χ4v) is 1.60.